The standard InChI is InChI=1S/C27H38N4O4S/c1-5-21-11-9-10-18(2)24(21)29-26(32)22-12-16-31(17-13-22)36(34,35)25-20(4)28-19(3)23(25)27(33)30-14-7-6-8-15-30/h9-11,22,28H,5-8,12-17H2,1-4H3,(H,29,32). The number of amides is 2. The highest BCUT2D eigenvalue weighted by atomic mass is 32.2. The molecule has 2 aliphatic heterocycles. The molecule has 196 valence electrons. The van der Waals surface area contributed by atoms with Crippen LogP contribution in [0, 0.1) is 26.7 Å². The van der Waals surface area contributed by atoms with Gasteiger partial charge in [0.25, 0.3) is 5.91 Å². The largest absolute Gasteiger partial charge is 0.361 e. The molecule has 2 N–H and O–H groups in total. The highest BCUT2D eigenvalue weighted by molar-refractivity contribution is 7.89. The number of aromatic nitrogens is 1. The van der Waals surface area contributed by atoms with E-state index in [9.17, 15) is 18.0 Å². The van der Waals surface area contributed by atoms with Gasteiger partial charge in [-0.25, -0.2) is 8.42 Å². The van der Waals surface area contributed by atoms with Crippen molar-refractivity contribution >= 4 is 27.5 Å². The molecule has 0 bridgehead atoms. The monoisotopic (exact) mass is 514 g/mol. The molecule has 1 aromatic heterocycles. The molecular weight excluding hydrogens is 476 g/mol. The van der Waals surface area contributed by atoms with Gasteiger partial charge in [0.2, 0.25) is 15.9 Å². The van der Waals surface area contributed by atoms with Gasteiger partial charge < -0.3 is 15.2 Å². The van der Waals surface area contributed by atoms with Crippen LogP contribution in [0.4, 0.5) is 5.69 Å². The Balaban J connectivity index is 1.49. The van der Waals surface area contributed by atoms with Crippen LogP contribution < -0.4 is 5.32 Å². The van der Waals surface area contributed by atoms with Crippen LogP contribution in [-0.2, 0) is 21.2 Å². The second-order valence-corrected chi connectivity index (χ2v) is 11.9. The molecule has 4 rings (SSSR count). The second kappa shape index (κ2) is 10.8. The van der Waals surface area contributed by atoms with E-state index in [1.165, 1.54) is 4.31 Å². The minimum absolute atomic E-state index is 0.0642. The van der Waals surface area contributed by atoms with Crippen molar-refractivity contribution < 1.29 is 18.0 Å². The number of hydrogen-bond acceptors (Lipinski definition) is 4. The van der Waals surface area contributed by atoms with Gasteiger partial charge in [0.1, 0.15) is 4.90 Å². The summed E-state index contributed by atoms with van der Waals surface area (Å²) in [5, 5.41) is 3.10. The number of nitrogens with one attached hydrogen (secondary N) is 2. The van der Waals surface area contributed by atoms with Crippen LogP contribution in [0.5, 0.6) is 0 Å². The molecule has 2 saturated heterocycles. The molecule has 36 heavy (non-hydrogen) atoms. The molecule has 2 amide bonds. The summed E-state index contributed by atoms with van der Waals surface area (Å²) in [4.78, 5) is 31.4. The van der Waals surface area contributed by atoms with Gasteiger partial charge in [-0.05, 0) is 70.4 Å². The van der Waals surface area contributed by atoms with Crippen molar-refractivity contribution in [1.29, 1.82) is 0 Å². The number of carbonyl (C=O) groups excluding carboxylic acids is 2. The number of piperidine rings is 2. The average Bonchev–Trinajstić information content (AvgIpc) is 3.19. The van der Waals surface area contributed by atoms with Crippen LogP contribution in [0.15, 0.2) is 23.1 Å². The van der Waals surface area contributed by atoms with E-state index in [0.717, 1.165) is 42.5 Å². The molecule has 2 aliphatic rings. The number of likely N-dealkylation sites (tertiary alicyclic amines) is 1. The number of benzene rings is 1. The van der Waals surface area contributed by atoms with Gasteiger partial charge in [0.15, 0.2) is 0 Å². The lowest BCUT2D eigenvalue weighted by molar-refractivity contribution is -0.120. The summed E-state index contributed by atoms with van der Waals surface area (Å²) in [6, 6.07) is 5.98. The fourth-order valence-electron chi connectivity index (χ4n) is 5.51. The molecule has 0 saturated carbocycles. The third kappa shape index (κ3) is 5.09. The number of anilines is 1. The predicted molar refractivity (Wildman–Crippen MR) is 141 cm³/mol. The number of rotatable bonds is 6. The van der Waals surface area contributed by atoms with Crippen LogP contribution in [-0.4, -0.2) is 60.6 Å². The minimum atomic E-state index is -3.89. The molecule has 1 aromatic carbocycles. The Labute approximate surface area is 214 Å². The van der Waals surface area contributed by atoms with Crippen molar-refractivity contribution in [2.45, 2.75) is 71.1 Å². The number of aryl methyl sites for hydroxylation is 4. The Kier molecular flexibility index (Phi) is 7.90. The Hall–Kier alpha value is -2.65. The number of H-pyrrole nitrogens is 1. The van der Waals surface area contributed by atoms with Crippen molar-refractivity contribution in [3.63, 3.8) is 0 Å². The summed E-state index contributed by atoms with van der Waals surface area (Å²) in [7, 11) is -3.89. The molecule has 8 nitrogen and oxygen atoms in total. The molecule has 2 aromatic rings. The summed E-state index contributed by atoms with van der Waals surface area (Å²) >= 11 is 0. The number of para-hydroxylation sites is 1. The van der Waals surface area contributed by atoms with Gasteiger partial charge in [-0.15, -0.1) is 0 Å². The van der Waals surface area contributed by atoms with Crippen molar-refractivity contribution in [2.24, 2.45) is 5.92 Å². The third-order valence-corrected chi connectivity index (χ3v) is 9.66. The van der Waals surface area contributed by atoms with E-state index in [1.807, 2.05) is 25.1 Å². The molecule has 0 aliphatic carbocycles. The number of hydrogen-bond donors (Lipinski definition) is 2. The highest BCUT2D eigenvalue weighted by Gasteiger charge is 2.38. The van der Waals surface area contributed by atoms with Crippen LogP contribution >= 0.6 is 0 Å². The first-order valence-corrected chi connectivity index (χ1v) is 14.5. The Morgan fingerprint density at radius 1 is 1.00 bits per heavy atom. The fraction of sp³-hybridized carbons (Fsp3) is 0.556. The predicted octanol–water partition coefficient (Wildman–Crippen LogP) is 4.17. The van der Waals surface area contributed by atoms with Crippen molar-refractivity contribution in [3.05, 3.63) is 46.3 Å². The molecule has 0 spiro atoms. The number of nitrogens with zero attached hydrogens (tertiary/aromatic N) is 2. The average molecular weight is 515 g/mol. The zero-order chi connectivity index (χ0) is 26.0. The summed E-state index contributed by atoms with van der Waals surface area (Å²) in [6.45, 7) is 9.31. The van der Waals surface area contributed by atoms with Crippen LogP contribution in [0.2, 0.25) is 0 Å². The SMILES string of the molecule is CCc1cccc(C)c1NC(=O)C1CCN(S(=O)(=O)c2c(C)[nH]c(C)c2C(=O)N2CCCCC2)CC1. The summed E-state index contributed by atoms with van der Waals surface area (Å²) in [6.07, 6.45) is 4.67. The Bertz CT molecular complexity index is 1240. The van der Waals surface area contributed by atoms with Crippen molar-refractivity contribution in [2.75, 3.05) is 31.5 Å². The maximum atomic E-state index is 13.8. The molecule has 0 unspecified atom stereocenters. The molecule has 2 fully saturated rings. The van der Waals surface area contributed by atoms with Crippen LogP contribution in [0.3, 0.4) is 0 Å². The zero-order valence-corrected chi connectivity index (χ0v) is 22.6. The minimum Gasteiger partial charge on any atom is -0.361 e. The highest BCUT2D eigenvalue weighted by Crippen LogP contribution is 2.32. The van der Waals surface area contributed by atoms with Crippen LogP contribution in [0.25, 0.3) is 0 Å². The van der Waals surface area contributed by atoms with Crippen molar-refractivity contribution in [3.8, 4) is 0 Å². The number of aromatic amines is 1. The Morgan fingerprint density at radius 3 is 2.31 bits per heavy atom. The third-order valence-electron chi connectivity index (χ3n) is 7.59. The van der Waals surface area contributed by atoms with E-state index < -0.39 is 10.0 Å². The van der Waals surface area contributed by atoms with E-state index in [0.29, 0.717) is 37.3 Å². The maximum Gasteiger partial charge on any atom is 0.257 e. The van der Waals surface area contributed by atoms with Gasteiger partial charge in [-0.1, -0.05) is 25.1 Å². The smallest absolute Gasteiger partial charge is 0.257 e. The Morgan fingerprint density at radius 2 is 1.67 bits per heavy atom. The lowest BCUT2D eigenvalue weighted by Gasteiger charge is -2.31. The van der Waals surface area contributed by atoms with Crippen molar-refractivity contribution in [1.82, 2.24) is 14.2 Å². The van der Waals surface area contributed by atoms with E-state index in [4.69, 9.17) is 0 Å². The summed E-state index contributed by atoms with van der Waals surface area (Å²) in [5.41, 5.74) is 4.31. The zero-order valence-electron chi connectivity index (χ0n) is 21.8. The van der Waals surface area contributed by atoms with Gasteiger partial charge in [0, 0.05) is 49.2 Å². The van der Waals surface area contributed by atoms with Gasteiger partial charge >= 0.3 is 0 Å². The maximum absolute atomic E-state index is 13.8. The number of sulfonamides is 1. The van der Waals surface area contributed by atoms with Gasteiger partial charge in [-0.2, -0.15) is 4.31 Å². The topological polar surface area (TPSA) is 103 Å². The molecular formula is C27H38N4O4S. The molecule has 0 radical (unpaired) electrons. The van der Waals surface area contributed by atoms with E-state index >= 15 is 0 Å². The summed E-state index contributed by atoms with van der Waals surface area (Å²) < 4.78 is 29.0. The fourth-order valence-corrected chi connectivity index (χ4v) is 7.39. The normalized spacial score (nSPS) is 17.8. The van der Waals surface area contributed by atoms with Crippen LogP contribution in [0.1, 0.15) is 71.9 Å². The molecule has 3 heterocycles. The lowest BCUT2D eigenvalue weighted by Crippen LogP contribution is -2.42. The van der Waals surface area contributed by atoms with E-state index in [1.54, 1.807) is 18.7 Å². The van der Waals surface area contributed by atoms with E-state index in [-0.39, 0.29) is 41.3 Å². The lowest BCUT2D eigenvalue weighted by atomic mass is 9.96. The quantitative estimate of drug-likeness (QED) is 0.604. The van der Waals surface area contributed by atoms with Gasteiger partial charge in [-0.3, -0.25) is 9.59 Å². The first-order chi connectivity index (χ1) is 17.1. The second-order valence-electron chi connectivity index (χ2n) is 10.1. The first-order valence-electron chi connectivity index (χ1n) is 13.0. The van der Waals surface area contributed by atoms with Gasteiger partial charge in [0.05, 0.1) is 5.56 Å². The number of carbonyl (C=O) groups is 2. The molecule has 0 atom stereocenters. The molecule has 9 heteroatoms. The van der Waals surface area contributed by atoms with E-state index in [2.05, 4.69) is 17.2 Å². The summed E-state index contributed by atoms with van der Waals surface area (Å²) in [5.74, 6) is -0.538. The first kappa shape index (κ1) is 26.4.